The third-order valence-corrected chi connectivity index (χ3v) is 3.86. The molecule has 0 saturated carbocycles. The smallest absolute Gasteiger partial charge is 0.316 e. The third kappa shape index (κ3) is 5.75. The zero-order chi connectivity index (χ0) is 20.2. The predicted molar refractivity (Wildman–Crippen MR) is 98.1 cm³/mol. The van der Waals surface area contributed by atoms with Crippen LogP contribution in [0.2, 0.25) is 5.02 Å². The number of nitrogens with two attached hydrogens (primary N) is 2. The third-order valence-electron chi connectivity index (χ3n) is 3.52. The van der Waals surface area contributed by atoms with Gasteiger partial charge in [0.15, 0.2) is 0 Å². The Kier molecular flexibility index (Phi) is 6.53. The zero-order valence-corrected chi connectivity index (χ0v) is 15.5. The van der Waals surface area contributed by atoms with Gasteiger partial charge in [-0.25, -0.2) is 24.6 Å². The molecule has 0 unspecified atom stereocenters. The molecule has 0 aliphatic rings. The second-order valence-corrected chi connectivity index (χ2v) is 6.63. The Balaban J connectivity index is 2.02. The van der Waals surface area contributed by atoms with E-state index in [-0.39, 0.29) is 34.6 Å². The molecule has 2 aromatic rings. The van der Waals surface area contributed by atoms with Crippen molar-refractivity contribution in [2.45, 2.75) is 25.9 Å². The molecule has 1 heterocycles. The molecule has 2 rings (SSSR count). The van der Waals surface area contributed by atoms with Crippen LogP contribution in [0.1, 0.15) is 31.4 Å². The highest BCUT2D eigenvalue weighted by atomic mass is 35.5. The van der Waals surface area contributed by atoms with E-state index in [1.807, 2.05) is 0 Å². The van der Waals surface area contributed by atoms with Crippen LogP contribution in [0.3, 0.4) is 0 Å². The number of alkyl halides is 2. The summed E-state index contributed by atoms with van der Waals surface area (Å²) in [6.45, 7) is 3.14. The molecule has 0 atom stereocenters. The maximum atomic E-state index is 12.9. The fraction of sp³-hybridized carbons (Fsp3) is 0.294. The lowest BCUT2D eigenvalue weighted by Crippen LogP contribution is -2.27. The van der Waals surface area contributed by atoms with E-state index >= 15 is 0 Å². The van der Waals surface area contributed by atoms with Crippen LogP contribution in [0.25, 0.3) is 0 Å². The largest absolute Gasteiger partial charge is 0.457 e. The number of hydrazine groups is 1. The molecule has 0 saturated heterocycles. The molecule has 0 radical (unpaired) electrons. The van der Waals surface area contributed by atoms with Crippen molar-refractivity contribution >= 4 is 17.3 Å². The Hall–Kier alpha value is -2.49. The second-order valence-electron chi connectivity index (χ2n) is 6.22. The van der Waals surface area contributed by atoms with Gasteiger partial charge in [-0.1, -0.05) is 11.6 Å². The van der Waals surface area contributed by atoms with E-state index in [0.717, 1.165) is 5.01 Å². The minimum atomic E-state index is -2.72. The first kappa shape index (κ1) is 20.8. The van der Waals surface area contributed by atoms with Gasteiger partial charge in [0.2, 0.25) is 0 Å². The molecule has 1 aromatic carbocycles. The molecule has 1 aromatic heterocycles. The van der Waals surface area contributed by atoms with E-state index in [0.29, 0.717) is 5.56 Å². The zero-order valence-electron chi connectivity index (χ0n) is 14.7. The molecule has 0 amide bonds. The highest BCUT2D eigenvalue weighted by Gasteiger charge is 2.17. The van der Waals surface area contributed by atoms with Gasteiger partial charge in [0.25, 0.3) is 6.43 Å². The van der Waals surface area contributed by atoms with Crippen molar-refractivity contribution in [3.8, 4) is 6.01 Å². The molecule has 7 nitrogen and oxygen atoms in total. The molecule has 10 heteroatoms. The normalized spacial score (nSPS) is 12.4. The number of benzene rings is 1. The number of aliphatic hydroxyl groups is 1. The van der Waals surface area contributed by atoms with Crippen molar-refractivity contribution in [2.24, 2.45) is 11.6 Å². The predicted octanol–water partition coefficient (Wildman–Crippen LogP) is 2.85. The van der Waals surface area contributed by atoms with Crippen LogP contribution >= 0.6 is 11.6 Å². The summed E-state index contributed by atoms with van der Waals surface area (Å²) in [5, 5.41) is 10.9. The van der Waals surface area contributed by atoms with Crippen molar-refractivity contribution in [2.75, 3.05) is 11.6 Å². The van der Waals surface area contributed by atoms with E-state index in [4.69, 9.17) is 27.9 Å². The summed E-state index contributed by atoms with van der Waals surface area (Å²) < 4.78 is 31.2. The summed E-state index contributed by atoms with van der Waals surface area (Å²) in [6.07, 6.45) is 1.48. The summed E-state index contributed by atoms with van der Waals surface area (Å²) >= 11 is 5.73. The average molecular weight is 400 g/mol. The first-order chi connectivity index (χ1) is 12.6. The van der Waals surface area contributed by atoms with Crippen LogP contribution < -0.4 is 21.3 Å². The molecule has 5 N–H and O–H groups in total. The summed E-state index contributed by atoms with van der Waals surface area (Å²) in [5.41, 5.74) is 5.47. The minimum Gasteiger partial charge on any atom is -0.457 e. The molecule has 27 heavy (non-hydrogen) atoms. The van der Waals surface area contributed by atoms with E-state index < -0.39 is 12.0 Å². The molecule has 0 aliphatic heterocycles. The van der Waals surface area contributed by atoms with Gasteiger partial charge in [0.05, 0.1) is 17.0 Å². The van der Waals surface area contributed by atoms with Crippen LogP contribution in [0, 0.1) is 0 Å². The Morgan fingerprint density at radius 3 is 2.56 bits per heavy atom. The molecular formula is C17H20ClF2N5O2. The number of hydrogen-bond donors (Lipinski definition) is 3. The van der Waals surface area contributed by atoms with Gasteiger partial charge in [-0.05, 0) is 32.0 Å². The second kappa shape index (κ2) is 8.47. The summed E-state index contributed by atoms with van der Waals surface area (Å²) in [6, 6.07) is 4.05. The van der Waals surface area contributed by atoms with Crippen molar-refractivity contribution in [3.05, 3.63) is 58.6 Å². The van der Waals surface area contributed by atoms with Crippen molar-refractivity contribution in [3.63, 3.8) is 0 Å². The molecule has 0 bridgehead atoms. The minimum absolute atomic E-state index is 0.0471. The van der Waals surface area contributed by atoms with Gasteiger partial charge in [0.1, 0.15) is 6.61 Å². The first-order valence-electron chi connectivity index (χ1n) is 7.83. The SMILES string of the molecule is CC(C)(O)c1cnc(OC/C(N)=C/N(N)c2ccc(Cl)c(C(F)F)c2)nc1. The van der Waals surface area contributed by atoms with E-state index in [9.17, 15) is 13.9 Å². The van der Waals surface area contributed by atoms with E-state index in [1.54, 1.807) is 13.8 Å². The van der Waals surface area contributed by atoms with Gasteiger partial charge in [-0.2, -0.15) is 0 Å². The Morgan fingerprint density at radius 2 is 2.00 bits per heavy atom. The Morgan fingerprint density at radius 1 is 1.37 bits per heavy atom. The van der Waals surface area contributed by atoms with Gasteiger partial charge in [-0.15, -0.1) is 0 Å². The van der Waals surface area contributed by atoms with Gasteiger partial charge < -0.3 is 15.6 Å². The molecule has 0 aliphatic carbocycles. The fourth-order valence-corrected chi connectivity index (χ4v) is 2.20. The van der Waals surface area contributed by atoms with E-state index in [1.165, 1.54) is 36.8 Å². The highest BCUT2D eigenvalue weighted by molar-refractivity contribution is 6.31. The number of halogens is 3. The molecule has 0 fully saturated rings. The number of nitrogens with zero attached hydrogens (tertiary/aromatic N) is 3. The number of rotatable bonds is 7. The maximum absolute atomic E-state index is 12.9. The van der Waals surface area contributed by atoms with Crippen molar-refractivity contribution in [1.82, 2.24) is 9.97 Å². The van der Waals surface area contributed by atoms with Crippen molar-refractivity contribution in [1.29, 1.82) is 0 Å². The number of aromatic nitrogens is 2. The lowest BCUT2D eigenvalue weighted by Gasteiger charge is -2.17. The molecular weight excluding hydrogens is 380 g/mol. The molecule has 146 valence electrons. The highest BCUT2D eigenvalue weighted by Crippen LogP contribution is 2.30. The lowest BCUT2D eigenvalue weighted by atomic mass is 10.0. The number of ether oxygens (including phenoxy) is 1. The van der Waals surface area contributed by atoms with Crippen LogP contribution in [-0.2, 0) is 5.60 Å². The van der Waals surface area contributed by atoms with Gasteiger partial charge >= 0.3 is 6.01 Å². The lowest BCUT2D eigenvalue weighted by molar-refractivity contribution is 0.0776. The standard InChI is InChI=1S/C17H20ClF2N5O2/c1-17(2,26)10-6-23-16(24-7-10)27-9-11(21)8-25(22)12-3-4-14(18)13(5-12)15(19)20/h3-8,15,26H,9,21-22H2,1-2H3/b11-8-. The Bertz CT molecular complexity index is 810. The summed E-state index contributed by atoms with van der Waals surface area (Å²) in [7, 11) is 0. The first-order valence-corrected chi connectivity index (χ1v) is 8.21. The van der Waals surface area contributed by atoms with Crippen LogP contribution in [-0.4, -0.2) is 21.7 Å². The average Bonchev–Trinajstić information content (AvgIpc) is 2.59. The summed E-state index contributed by atoms with van der Waals surface area (Å²) in [4.78, 5) is 7.95. The van der Waals surface area contributed by atoms with Crippen molar-refractivity contribution < 1.29 is 18.6 Å². The van der Waals surface area contributed by atoms with Crippen LogP contribution in [0.4, 0.5) is 14.5 Å². The monoisotopic (exact) mass is 399 g/mol. The number of anilines is 1. The van der Waals surface area contributed by atoms with Crippen LogP contribution in [0.5, 0.6) is 6.01 Å². The fourth-order valence-electron chi connectivity index (χ4n) is 2.00. The maximum Gasteiger partial charge on any atom is 0.316 e. The van der Waals surface area contributed by atoms with Crippen LogP contribution in [0.15, 0.2) is 42.5 Å². The van der Waals surface area contributed by atoms with Gasteiger partial charge in [-0.3, -0.25) is 5.01 Å². The number of hydrogen-bond acceptors (Lipinski definition) is 7. The van der Waals surface area contributed by atoms with Gasteiger partial charge in [0, 0.05) is 34.7 Å². The molecule has 0 spiro atoms. The Labute approximate surface area is 160 Å². The van der Waals surface area contributed by atoms with E-state index in [2.05, 4.69) is 9.97 Å². The quantitative estimate of drug-likeness (QED) is 0.485. The summed E-state index contributed by atoms with van der Waals surface area (Å²) in [5.74, 6) is 5.83. The topological polar surface area (TPSA) is 111 Å².